The Labute approximate surface area is 424 Å². The van der Waals surface area contributed by atoms with Gasteiger partial charge in [-0.1, -0.05) is 87.6 Å². The fraction of sp³-hybridized carbons (Fsp3) is 0.176. The molecule has 0 aliphatic rings. The van der Waals surface area contributed by atoms with Crippen LogP contribution in [0, 0.1) is 5.41 Å². The van der Waals surface area contributed by atoms with Crippen LogP contribution in [-0.4, -0.2) is 64.9 Å². The molecule has 70 heavy (non-hydrogen) atoms. The number of isothiocyanates is 1. The smallest absolute Gasteiger partial charge is 0.753 e. The summed E-state index contributed by atoms with van der Waals surface area (Å²) in [5, 5.41) is 34.5. The van der Waals surface area contributed by atoms with E-state index in [1.807, 2.05) is 77.7 Å². The van der Waals surface area contributed by atoms with Crippen LogP contribution in [0.25, 0.3) is 50.9 Å². The van der Waals surface area contributed by atoms with E-state index >= 15 is 0 Å². The number of nitrogens with one attached hydrogen (secondary N) is 2. The van der Waals surface area contributed by atoms with Gasteiger partial charge in [0.2, 0.25) is 5.88 Å². The number of rotatable bonds is 18. The summed E-state index contributed by atoms with van der Waals surface area (Å²) >= 11 is 5.31. The Morgan fingerprint density at radius 1 is 0.771 bits per heavy atom. The van der Waals surface area contributed by atoms with Crippen molar-refractivity contribution in [3.63, 3.8) is 0 Å². The van der Waals surface area contributed by atoms with Crippen LogP contribution in [0.1, 0.15) is 71.9 Å². The third kappa shape index (κ3) is 16.5. The molecule has 0 aliphatic heterocycles. The molecule has 5 aromatic heterocycles. The molecule has 2 aromatic carbocycles. The normalized spacial score (nSPS) is 10.8. The van der Waals surface area contributed by atoms with Gasteiger partial charge in [0.25, 0.3) is 0 Å². The summed E-state index contributed by atoms with van der Waals surface area (Å²) in [6.07, 6.45) is 7.43. The predicted octanol–water partition coefficient (Wildman–Crippen LogP) is 14.5. The molecule has 0 radical (unpaired) electrons. The first-order chi connectivity index (χ1) is 33.2. The minimum absolute atomic E-state index is 0. The monoisotopic (exact) mass is 1070 g/mol. The molecule has 0 atom stereocenters. The average Bonchev–Trinajstić information content (AvgIpc) is 3.84. The maximum atomic E-state index is 12.3. The second-order valence-corrected chi connectivity index (χ2v) is 16.1. The molecule has 0 bridgehead atoms. The number of anilines is 3. The van der Waals surface area contributed by atoms with Crippen molar-refractivity contribution >= 4 is 69.7 Å². The van der Waals surface area contributed by atoms with Gasteiger partial charge in [0.1, 0.15) is 11.5 Å². The molecule has 13 nitrogen and oxygen atoms in total. The third-order valence-corrected chi connectivity index (χ3v) is 10.9. The summed E-state index contributed by atoms with van der Waals surface area (Å²) in [6, 6.07) is 35.9. The summed E-state index contributed by atoms with van der Waals surface area (Å²) in [7, 11) is 0. The second-order valence-electron chi connectivity index (χ2n) is 14.8. The van der Waals surface area contributed by atoms with Crippen LogP contribution in [0.15, 0.2) is 155 Å². The zero-order valence-electron chi connectivity index (χ0n) is 37.4. The molecule has 0 unspecified atom stereocenters. The van der Waals surface area contributed by atoms with Crippen molar-refractivity contribution in [1.29, 1.82) is 5.41 Å². The number of halogens is 3. The van der Waals surface area contributed by atoms with Gasteiger partial charge in [-0.2, -0.15) is 18.3 Å². The number of allylic oxidation sites excluding steroid dienone is 1. The van der Waals surface area contributed by atoms with E-state index in [1.165, 1.54) is 73.9 Å². The van der Waals surface area contributed by atoms with Crippen molar-refractivity contribution in [3.8, 4) is 34.1 Å². The Morgan fingerprint density at radius 3 is 1.90 bits per heavy atom. The van der Waals surface area contributed by atoms with Gasteiger partial charge in [-0.15, -0.1) is 17.5 Å². The topological polar surface area (TPSA) is 212 Å². The van der Waals surface area contributed by atoms with Crippen molar-refractivity contribution in [1.82, 2.24) is 19.9 Å². The Morgan fingerprint density at radius 2 is 1.31 bits per heavy atom. The van der Waals surface area contributed by atoms with E-state index in [4.69, 9.17) is 21.0 Å². The maximum absolute atomic E-state index is 12.3. The molecule has 0 spiro atoms. The quantitative estimate of drug-likeness (QED) is 0.0241. The number of carbonyl (C=O) groups is 2. The van der Waals surface area contributed by atoms with Crippen LogP contribution in [0.4, 0.5) is 30.4 Å². The predicted molar refractivity (Wildman–Crippen MR) is 267 cm³/mol. The maximum Gasteiger partial charge on any atom is 2.00 e. The number of hydrogen-bond acceptors (Lipinski definition) is 11. The van der Waals surface area contributed by atoms with Gasteiger partial charge in [-0.3, -0.25) is 25.3 Å². The number of thioether (sulfide) groups is 1. The molecule has 0 saturated carbocycles. The number of thiocarbonyl (C=S) groups is 1. The number of aromatic carboxylic acids is 2. The number of carboxylic acid groups (broad SMARTS) is 2. The molecular formula is C51H45F3N8O5RuS2. The molecule has 0 aliphatic carbocycles. The van der Waals surface area contributed by atoms with Crippen LogP contribution in [0.3, 0.4) is 0 Å². The van der Waals surface area contributed by atoms with Crippen molar-refractivity contribution in [2.45, 2.75) is 56.5 Å². The molecule has 7 aromatic rings. The van der Waals surface area contributed by atoms with Gasteiger partial charge in [0.05, 0.1) is 33.9 Å². The largest absolute Gasteiger partial charge is 2.00 e. The van der Waals surface area contributed by atoms with Crippen molar-refractivity contribution < 1.29 is 56.9 Å². The Kier molecular flexibility index (Phi) is 22.0. The Hall–Kier alpha value is -7.17. The number of furan rings is 1. The number of nitrogens with zero attached hydrogens (tertiary/aromatic N) is 6. The van der Waals surface area contributed by atoms with Gasteiger partial charge >= 0.3 is 37.6 Å². The summed E-state index contributed by atoms with van der Waals surface area (Å²) in [5.74, 6) is -0.165. The number of benzene rings is 2. The summed E-state index contributed by atoms with van der Waals surface area (Å²) in [4.78, 5) is 43.4. The Balaban J connectivity index is 0.000000326. The van der Waals surface area contributed by atoms with Crippen LogP contribution in [0.5, 0.6) is 0 Å². The zero-order chi connectivity index (χ0) is 49.8. The Bertz CT molecular complexity index is 2860. The van der Waals surface area contributed by atoms with Crippen LogP contribution in [0.2, 0.25) is 0 Å². The molecular weight excluding hydrogens is 1030 g/mol. The van der Waals surface area contributed by atoms with Gasteiger partial charge in [-0.25, -0.2) is 14.6 Å². The standard InChI is InChI=1S/C33H22N4O5.C17H23F3N3S.CNS.Ru/c38-32(39)22-14-16-35-27(18-22)29-20-23(33(40)41)19-28(36-29)26-17-21(13-15-34-26)30-11-12-31(42-30)37(24-7-3-1-4-8-24)25-9-5-2-6-10-25;1-2-3-4-5-6-7-10-24-13-8-9-23-15(11-13)14(21)12-16(22)17(18,19)20;2-1-3;/h1-20H,(H,38,39)(H,40,41);8-9,11-12,21-22H,2-7,10H2,1H3;;/q;2*-1;+2/b;14-12-,22-16?;;. The van der Waals surface area contributed by atoms with Crippen molar-refractivity contribution in [2.24, 2.45) is 0 Å². The van der Waals surface area contributed by atoms with E-state index in [9.17, 15) is 33.0 Å². The molecule has 4 N–H and O–H groups in total. The van der Waals surface area contributed by atoms with E-state index in [1.54, 1.807) is 42.2 Å². The first kappa shape index (κ1) is 55.4. The van der Waals surface area contributed by atoms with E-state index in [2.05, 4.69) is 39.1 Å². The third-order valence-electron chi connectivity index (χ3n) is 9.86. The number of unbranched alkanes of at least 4 members (excludes halogenated alkanes) is 5. The van der Waals surface area contributed by atoms with Crippen LogP contribution >= 0.6 is 24.0 Å². The minimum atomic E-state index is -4.74. The first-order valence-corrected chi connectivity index (χ1v) is 22.7. The van der Waals surface area contributed by atoms with E-state index in [-0.39, 0.29) is 53.4 Å². The number of pyridine rings is 4. The van der Waals surface area contributed by atoms with E-state index < -0.39 is 29.5 Å². The fourth-order valence-corrected chi connectivity index (χ4v) is 7.46. The van der Waals surface area contributed by atoms with Gasteiger partial charge in [-0.05, 0) is 97.1 Å². The second kappa shape index (κ2) is 27.7. The molecule has 360 valence electrons. The summed E-state index contributed by atoms with van der Waals surface area (Å²) < 4.78 is 43.4. The average molecular weight is 1070 g/mol. The van der Waals surface area contributed by atoms with Gasteiger partial charge < -0.3 is 25.8 Å². The molecule has 0 saturated heterocycles. The van der Waals surface area contributed by atoms with E-state index in [0.717, 1.165) is 28.4 Å². The number of hydrogen-bond donors (Lipinski definition) is 3. The van der Waals surface area contributed by atoms with Gasteiger partial charge in [0.15, 0.2) is 0 Å². The zero-order valence-corrected chi connectivity index (χ0v) is 40.8. The SMILES string of the molecule is CCCCCCCCSc1ccnc(/C([NH-])=C/C(=N)C(F)(F)F)c1.O=C(O)c1ccnc(-c2cc(C(=O)O)cc(-c3cc(-c4ccc(N(c5ccccc5)c5ccccc5)o4)ccn3)n2)c1.[N-]=C=S.[Ru+2]. The first-order valence-electron chi connectivity index (χ1n) is 21.3. The number of alkyl halides is 3. The summed E-state index contributed by atoms with van der Waals surface area (Å²) in [6.45, 7) is 2.18. The summed E-state index contributed by atoms with van der Waals surface area (Å²) in [5.41, 5.74) is 9.57. The van der Waals surface area contributed by atoms with Gasteiger partial charge in [0, 0.05) is 52.2 Å². The molecule has 0 fully saturated rings. The van der Waals surface area contributed by atoms with Crippen molar-refractivity contribution in [2.75, 3.05) is 10.7 Å². The fourth-order valence-electron chi connectivity index (χ4n) is 6.53. The van der Waals surface area contributed by atoms with E-state index in [0.29, 0.717) is 29.0 Å². The molecule has 19 heteroatoms. The van der Waals surface area contributed by atoms with Crippen LogP contribution < -0.4 is 4.90 Å². The van der Waals surface area contributed by atoms with Crippen LogP contribution in [-0.2, 0) is 19.5 Å². The number of aromatic nitrogens is 4. The molecule has 7 rings (SSSR count). The molecule has 0 amide bonds. The number of para-hydroxylation sites is 2. The number of carboxylic acids is 2. The van der Waals surface area contributed by atoms with Crippen molar-refractivity contribution in [3.05, 3.63) is 174 Å². The minimum Gasteiger partial charge on any atom is -0.753 e. The molecule has 5 heterocycles.